The van der Waals surface area contributed by atoms with Gasteiger partial charge in [-0.15, -0.1) is 11.8 Å². The first-order chi connectivity index (χ1) is 6.81. The molecule has 0 saturated heterocycles. The van der Waals surface area contributed by atoms with Crippen LogP contribution < -0.4 is 10.1 Å². The van der Waals surface area contributed by atoms with Gasteiger partial charge in [-0.05, 0) is 18.2 Å². The highest BCUT2D eigenvalue weighted by Gasteiger charge is 2.15. The van der Waals surface area contributed by atoms with E-state index in [1.54, 1.807) is 24.9 Å². The van der Waals surface area contributed by atoms with Crippen molar-refractivity contribution in [3.63, 3.8) is 0 Å². The van der Waals surface area contributed by atoms with Gasteiger partial charge in [0.2, 0.25) is 0 Å². The minimum Gasteiger partial charge on any atom is -0.497 e. The van der Waals surface area contributed by atoms with Gasteiger partial charge in [0.05, 0.1) is 12.7 Å². The van der Waals surface area contributed by atoms with Crippen molar-refractivity contribution in [2.24, 2.45) is 0 Å². The monoisotopic (exact) mass is 209 g/mol. The highest BCUT2D eigenvalue weighted by molar-refractivity contribution is 7.99. The Kier molecular flexibility index (Phi) is 2.63. The summed E-state index contributed by atoms with van der Waals surface area (Å²) in [6.45, 7) is 0.723. The van der Waals surface area contributed by atoms with Crippen LogP contribution in [0.25, 0.3) is 0 Å². The highest BCUT2D eigenvalue weighted by atomic mass is 32.2. The molecule has 0 saturated carbocycles. The number of rotatable bonds is 1. The van der Waals surface area contributed by atoms with Crippen molar-refractivity contribution >= 4 is 17.7 Å². The van der Waals surface area contributed by atoms with E-state index in [-0.39, 0.29) is 5.91 Å². The van der Waals surface area contributed by atoms with Gasteiger partial charge in [-0.2, -0.15) is 0 Å². The van der Waals surface area contributed by atoms with Crippen LogP contribution in [0.3, 0.4) is 0 Å². The van der Waals surface area contributed by atoms with Gasteiger partial charge < -0.3 is 10.1 Å². The Morgan fingerprint density at radius 2 is 2.36 bits per heavy atom. The summed E-state index contributed by atoms with van der Waals surface area (Å²) >= 11 is 1.69. The van der Waals surface area contributed by atoms with Crippen LogP contribution in [0.2, 0.25) is 0 Å². The van der Waals surface area contributed by atoms with E-state index in [0.29, 0.717) is 5.56 Å². The lowest BCUT2D eigenvalue weighted by atomic mass is 10.2. The number of hydrogen-bond acceptors (Lipinski definition) is 3. The number of methoxy groups -OCH3 is 1. The maximum Gasteiger partial charge on any atom is 0.252 e. The molecule has 0 fully saturated rings. The molecule has 1 aliphatic heterocycles. The number of ether oxygens (including phenoxy) is 1. The maximum atomic E-state index is 11.6. The Morgan fingerprint density at radius 3 is 3.14 bits per heavy atom. The number of nitrogens with one attached hydrogen (secondary N) is 1. The molecule has 0 aliphatic carbocycles. The first-order valence-corrected chi connectivity index (χ1v) is 5.39. The fourth-order valence-corrected chi connectivity index (χ4v) is 2.26. The predicted molar refractivity (Wildman–Crippen MR) is 56.1 cm³/mol. The van der Waals surface area contributed by atoms with Crippen molar-refractivity contribution in [3.05, 3.63) is 23.8 Å². The van der Waals surface area contributed by atoms with Crippen molar-refractivity contribution in [2.45, 2.75) is 4.90 Å². The molecule has 0 unspecified atom stereocenters. The second-order valence-electron chi connectivity index (χ2n) is 2.97. The fraction of sp³-hybridized carbons (Fsp3) is 0.300. The molecule has 0 atom stereocenters. The summed E-state index contributed by atoms with van der Waals surface area (Å²) in [5.74, 6) is 1.63. The summed E-state index contributed by atoms with van der Waals surface area (Å²) in [7, 11) is 1.60. The Bertz CT molecular complexity index is 365. The molecule has 4 heteroatoms. The quantitative estimate of drug-likeness (QED) is 0.762. The topological polar surface area (TPSA) is 38.3 Å². The molecule has 0 bridgehead atoms. The minimum atomic E-state index is -0.0103. The number of carbonyl (C=O) groups is 1. The summed E-state index contributed by atoms with van der Waals surface area (Å²) in [4.78, 5) is 12.6. The molecule has 2 rings (SSSR count). The Morgan fingerprint density at radius 1 is 1.50 bits per heavy atom. The molecule has 0 radical (unpaired) electrons. The van der Waals surface area contributed by atoms with Crippen LogP contribution >= 0.6 is 11.8 Å². The van der Waals surface area contributed by atoms with Gasteiger partial charge in [0.15, 0.2) is 0 Å². The second-order valence-corrected chi connectivity index (χ2v) is 4.10. The molecular weight excluding hydrogens is 198 g/mol. The average Bonchev–Trinajstić information content (AvgIpc) is 2.40. The predicted octanol–water partition coefficient (Wildman–Crippen LogP) is 1.53. The molecule has 3 nitrogen and oxygen atoms in total. The van der Waals surface area contributed by atoms with Gasteiger partial charge >= 0.3 is 0 Å². The SMILES string of the molecule is COc1ccc2c(c1)C(=O)NCCS2. The zero-order chi connectivity index (χ0) is 9.97. The third-order valence-electron chi connectivity index (χ3n) is 2.08. The Hall–Kier alpha value is -1.16. The molecule has 1 aromatic carbocycles. The van der Waals surface area contributed by atoms with E-state index in [2.05, 4.69) is 5.32 Å². The summed E-state index contributed by atoms with van der Waals surface area (Å²) in [6, 6.07) is 5.59. The van der Waals surface area contributed by atoms with E-state index in [9.17, 15) is 4.79 Å². The van der Waals surface area contributed by atoms with Crippen LogP contribution in [0.1, 0.15) is 10.4 Å². The van der Waals surface area contributed by atoms with Gasteiger partial charge in [-0.25, -0.2) is 0 Å². The van der Waals surface area contributed by atoms with Gasteiger partial charge in [-0.3, -0.25) is 4.79 Å². The lowest BCUT2D eigenvalue weighted by Gasteiger charge is -2.05. The third kappa shape index (κ3) is 1.70. The van der Waals surface area contributed by atoms with E-state index < -0.39 is 0 Å². The first kappa shape index (κ1) is 9.40. The molecule has 1 amide bonds. The number of thioether (sulfide) groups is 1. The van der Waals surface area contributed by atoms with Crippen LogP contribution in [0.15, 0.2) is 23.1 Å². The molecule has 1 N–H and O–H groups in total. The largest absolute Gasteiger partial charge is 0.497 e. The van der Waals surface area contributed by atoms with E-state index in [0.717, 1.165) is 22.9 Å². The number of carbonyl (C=O) groups excluding carboxylic acids is 1. The fourth-order valence-electron chi connectivity index (χ4n) is 1.36. The number of amides is 1. The van der Waals surface area contributed by atoms with Crippen molar-refractivity contribution in [1.29, 1.82) is 0 Å². The average molecular weight is 209 g/mol. The summed E-state index contributed by atoms with van der Waals surface area (Å²) in [5, 5.41) is 2.84. The molecule has 1 heterocycles. The van der Waals surface area contributed by atoms with Crippen LogP contribution in [0.4, 0.5) is 0 Å². The molecule has 0 aromatic heterocycles. The number of hydrogen-bond donors (Lipinski definition) is 1. The molecular formula is C10H11NO2S. The van der Waals surface area contributed by atoms with Crippen molar-refractivity contribution in [1.82, 2.24) is 5.32 Å². The third-order valence-corrected chi connectivity index (χ3v) is 3.15. The van der Waals surface area contributed by atoms with Gasteiger partial charge in [0, 0.05) is 17.2 Å². The maximum absolute atomic E-state index is 11.6. The summed E-state index contributed by atoms with van der Waals surface area (Å²) in [6.07, 6.45) is 0. The molecule has 14 heavy (non-hydrogen) atoms. The summed E-state index contributed by atoms with van der Waals surface area (Å²) in [5.41, 5.74) is 0.715. The van der Waals surface area contributed by atoms with Crippen molar-refractivity contribution < 1.29 is 9.53 Å². The highest BCUT2D eigenvalue weighted by Crippen LogP contribution is 2.27. The number of fused-ring (bicyclic) bond motifs is 1. The van der Waals surface area contributed by atoms with Crippen LogP contribution in [-0.2, 0) is 0 Å². The van der Waals surface area contributed by atoms with Crippen LogP contribution in [0.5, 0.6) is 5.75 Å². The van der Waals surface area contributed by atoms with Crippen molar-refractivity contribution in [3.8, 4) is 5.75 Å². The molecule has 74 valence electrons. The standard InChI is InChI=1S/C10H11NO2S/c1-13-7-2-3-9-8(6-7)10(12)11-4-5-14-9/h2-3,6H,4-5H2,1H3,(H,11,12). The van der Waals surface area contributed by atoms with Gasteiger partial charge in [0.1, 0.15) is 5.75 Å². The number of benzene rings is 1. The van der Waals surface area contributed by atoms with E-state index in [4.69, 9.17) is 4.74 Å². The smallest absolute Gasteiger partial charge is 0.252 e. The zero-order valence-electron chi connectivity index (χ0n) is 7.87. The van der Waals surface area contributed by atoms with Gasteiger partial charge in [0.25, 0.3) is 5.91 Å². The zero-order valence-corrected chi connectivity index (χ0v) is 8.69. The molecule has 1 aromatic rings. The van der Waals surface area contributed by atoms with E-state index in [1.807, 2.05) is 12.1 Å². The first-order valence-electron chi connectivity index (χ1n) is 4.40. The van der Waals surface area contributed by atoms with Gasteiger partial charge in [-0.1, -0.05) is 0 Å². The second kappa shape index (κ2) is 3.92. The lowest BCUT2D eigenvalue weighted by molar-refractivity contribution is 0.0954. The summed E-state index contributed by atoms with van der Waals surface area (Å²) < 4.78 is 5.08. The van der Waals surface area contributed by atoms with Crippen molar-refractivity contribution in [2.75, 3.05) is 19.4 Å². The molecule has 0 spiro atoms. The van der Waals surface area contributed by atoms with E-state index >= 15 is 0 Å². The molecule has 1 aliphatic rings. The van der Waals surface area contributed by atoms with E-state index in [1.165, 1.54) is 0 Å². The normalized spacial score (nSPS) is 15.4. The minimum absolute atomic E-state index is 0.0103. The van der Waals surface area contributed by atoms with Crippen LogP contribution in [0, 0.1) is 0 Å². The lowest BCUT2D eigenvalue weighted by Crippen LogP contribution is -2.23. The Balaban J connectivity index is 2.44. The van der Waals surface area contributed by atoms with Crippen LogP contribution in [-0.4, -0.2) is 25.3 Å². The Labute approximate surface area is 86.8 Å².